The Labute approximate surface area is 141 Å². The number of nitrogens with zero attached hydrogens (tertiary/aromatic N) is 4. The molecule has 7 heteroatoms. The summed E-state index contributed by atoms with van der Waals surface area (Å²) >= 11 is 1.55. The van der Waals surface area contributed by atoms with E-state index in [2.05, 4.69) is 20.3 Å². The number of fused-ring (bicyclic) bond motifs is 1. The summed E-state index contributed by atoms with van der Waals surface area (Å²) in [5, 5.41) is 5.31. The van der Waals surface area contributed by atoms with E-state index in [-0.39, 0.29) is 5.82 Å². The van der Waals surface area contributed by atoms with Gasteiger partial charge in [-0.1, -0.05) is 18.2 Å². The van der Waals surface area contributed by atoms with E-state index in [9.17, 15) is 4.39 Å². The number of rotatable bonds is 4. The number of aromatic nitrogens is 4. The molecule has 1 atom stereocenters. The van der Waals surface area contributed by atoms with Gasteiger partial charge in [-0.25, -0.2) is 19.3 Å². The van der Waals surface area contributed by atoms with Crippen LogP contribution in [0.1, 0.15) is 17.4 Å². The predicted octanol–water partition coefficient (Wildman–Crippen LogP) is 3.77. The Bertz CT molecular complexity index is 993. The molecule has 0 aliphatic rings. The molecule has 0 aliphatic heterocycles. The third kappa shape index (κ3) is 2.52. The highest BCUT2D eigenvalue weighted by molar-refractivity contribution is 7.17. The number of anilines is 1. The number of halogens is 1. The summed E-state index contributed by atoms with van der Waals surface area (Å²) in [6.07, 6.45) is 5.05. The minimum absolute atomic E-state index is 0.283. The molecule has 0 bridgehead atoms. The summed E-state index contributed by atoms with van der Waals surface area (Å²) in [5.41, 5.74) is 1.39. The van der Waals surface area contributed by atoms with Crippen molar-refractivity contribution in [1.29, 1.82) is 0 Å². The van der Waals surface area contributed by atoms with Crippen LogP contribution in [0, 0.1) is 5.82 Å². The van der Waals surface area contributed by atoms with Gasteiger partial charge in [0.05, 0.1) is 10.2 Å². The summed E-state index contributed by atoms with van der Waals surface area (Å²) in [6, 6.07) is 8.19. The van der Waals surface area contributed by atoms with Gasteiger partial charge in [0.25, 0.3) is 0 Å². The molecule has 5 nitrogen and oxygen atoms in total. The first-order valence-corrected chi connectivity index (χ1v) is 8.28. The molecule has 120 valence electrons. The third-order valence-corrected chi connectivity index (χ3v) is 4.77. The maximum Gasteiger partial charge on any atom is 0.148 e. The lowest BCUT2D eigenvalue weighted by Gasteiger charge is -2.20. The summed E-state index contributed by atoms with van der Waals surface area (Å²) in [5.74, 6) is 1.10. The van der Waals surface area contributed by atoms with Crippen molar-refractivity contribution in [2.24, 2.45) is 7.05 Å². The number of imidazole rings is 1. The van der Waals surface area contributed by atoms with E-state index >= 15 is 0 Å². The number of hydrogen-bond donors (Lipinski definition) is 1. The average Bonchev–Trinajstić information content (AvgIpc) is 3.22. The van der Waals surface area contributed by atoms with Crippen LogP contribution in [-0.4, -0.2) is 19.5 Å². The van der Waals surface area contributed by atoms with E-state index in [0.29, 0.717) is 17.2 Å². The second kappa shape index (κ2) is 6.01. The van der Waals surface area contributed by atoms with E-state index in [1.54, 1.807) is 29.7 Å². The SMILES string of the molecule is Cn1ccnc1C(Nc1ncnc2ccsc12)c1ccccc1F. The van der Waals surface area contributed by atoms with Crippen LogP contribution in [0.25, 0.3) is 10.2 Å². The van der Waals surface area contributed by atoms with Crippen LogP contribution in [0.5, 0.6) is 0 Å². The molecule has 0 saturated heterocycles. The van der Waals surface area contributed by atoms with Gasteiger partial charge in [0, 0.05) is 25.0 Å². The Morgan fingerprint density at radius 1 is 1.17 bits per heavy atom. The highest BCUT2D eigenvalue weighted by atomic mass is 32.1. The van der Waals surface area contributed by atoms with Gasteiger partial charge in [0.1, 0.15) is 29.8 Å². The number of aryl methyl sites for hydroxylation is 1. The first-order chi connectivity index (χ1) is 11.7. The lowest BCUT2D eigenvalue weighted by molar-refractivity contribution is 0.596. The zero-order chi connectivity index (χ0) is 16.5. The molecule has 1 aromatic carbocycles. The van der Waals surface area contributed by atoms with Gasteiger partial charge in [0.15, 0.2) is 0 Å². The zero-order valence-corrected chi connectivity index (χ0v) is 13.7. The molecule has 0 aliphatic carbocycles. The largest absolute Gasteiger partial charge is 0.355 e. The first kappa shape index (κ1) is 14.8. The summed E-state index contributed by atoms with van der Waals surface area (Å²) in [4.78, 5) is 13.0. The lowest BCUT2D eigenvalue weighted by Crippen LogP contribution is -2.18. The van der Waals surface area contributed by atoms with Crippen molar-refractivity contribution in [1.82, 2.24) is 19.5 Å². The van der Waals surface area contributed by atoms with Crippen molar-refractivity contribution in [2.75, 3.05) is 5.32 Å². The molecule has 3 aromatic heterocycles. The summed E-state index contributed by atoms with van der Waals surface area (Å²) in [6.45, 7) is 0. The van der Waals surface area contributed by atoms with Crippen LogP contribution in [0.3, 0.4) is 0 Å². The molecule has 0 saturated carbocycles. The average molecular weight is 339 g/mol. The third-order valence-electron chi connectivity index (χ3n) is 3.86. The van der Waals surface area contributed by atoms with Crippen molar-refractivity contribution in [3.8, 4) is 0 Å². The Hall–Kier alpha value is -2.80. The molecule has 0 fully saturated rings. The second-order valence-corrected chi connectivity index (χ2v) is 6.27. The van der Waals surface area contributed by atoms with Crippen LogP contribution < -0.4 is 5.32 Å². The summed E-state index contributed by atoms with van der Waals surface area (Å²) < 4.78 is 17.2. The Balaban J connectivity index is 1.83. The standard InChI is InChI=1S/C17H14FN5S/c1-23-8-7-19-17(23)14(11-4-2-3-5-12(11)18)22-16-15-13(6-9-24-15)20-10-21-16/h2-10,14H,1H3,(H,20,21,22). The first-order valence-electron chi connectivity index (χ1n) is 7.40. The van der Waals surface area contributed by atoms with Crippen molar-refractivity contribution >= 4 is 27.4 Å². The van der Waals surface area contributed by atoms with Crippen LogP contribution in [0.4, 0.5) is 10.2 Å². The highest BCUT2D eigenvalue weighted by Gasteiger charge is 2.23. The van der Waals surface area contributed by atoms with Gasteiger partial charge >= 0.3 is 0 Å². The normalized spacial score (nSPS) is 12.4. The maximum atomic E-state index is 14.4. The number of nitrogens with one attached hydrogen (secondary N) is 1. The van der Waals surface area contributed by atoms with Crippen LogP contribution in [-0.2, 0) is 7.05 Å². The van der Waals surface area contributed by atoms with E-state index in [1.807, 2.05) is 35.3 Å². The second-order valence-electron chi connectivity index (χ2n) is 5.35. The fraction of sp³-hybridized carbons (Fsp3) is 0.118. The molecule has 4 rings (SSSR count). The summed E-state index contributed by atoms with van der Waals surface area (Å²) in [7, 11) is 1.89. The van der Waals surface area contributed by atoms with Gasteiger partial charge in [-0.3, -0.25) is 0 Å². The number of benzene rings is 1. The smallest absolute Gasteiger partial charge is 0.148 e. The monoisotopic (exact) mass is 339 g/mol. The van der Waals surface area contributed by atoms with Gasteiger partial charge in [-0.2, -0.15) is 0 Å². The van der Waals surface area contributed by atoms with Gasteiger partial charge < -0.3 is 9.88 Å². The van der Waals surface area contributed by atoms with Crippen molar-refractivity contribution < 1.29 is 4.39 Å². The van der Waals surface area contributed by atoms with Crippen LogP contribution in [0.2, 0.25) is 0 Å². The van der Waals surface area contributed by atoms with Gasteiger partial charge in [0.2, 0.25) is 0 Å². The highest BCUT2D eigenvalue weighted by Crippen LogP contribution is 2.31. The molecule has 0 amide bonds. The molecule has 4 aromatic rings. The van der Waals surface area contributed by atoms with Crippen molar-refractivity contribution in [3.63, 3.8) is 0 Å². The molecule has 3 heterocycles. The Kier molecular flexibility index (Phi) is 3.70. The minimum Gasteiger partial charge on any atom is -0.355 e. The van der Waals surface area contributed by atoms with E-state index in [1.165, 1.54) is 12.4 Å². The van der Waals surface area contributed by atoms with E-state index in [0.717, 1.165) is 10.2 Å². The van der Waals surface area contributed by atoms with E-state index < -0.39 is 6.04 Å². The van der Waals surface area contributed by atoms with Gasteiger partial charge in [-0.15, -0.1) is 11.3 Å². The molecule has 1 N–H and O–H groups in total. The molecule has 0 radical (unpaired) electrons. The fourth-order valence-corrected chi connectivity index (χ4v) is 3.47. The molecule has 24 heavy (non-hydrogen) atoms. The minimum atomic E-state index is -0.452. The van der Waals surface area contributed by atoms with Gasteiger partial charge in [-0.05, 0) is 17.5 Å². The molecular weight excluding hydrogens is 325 g/mol. The molecule has 1 unspecified atom stereocenters. The van der Waals surface area contributed by atoms with E-state index in [4.69, 9.17) is 0 Å². The number of hydrogen-bond acceptors (Lipinski definition) is 5. The molecular formula is C17H14FN5S. The lowest BCUT2D eigenvalue weighted by atomic mass is 10.1. The predicted molar refractivity (Wildman–Crippen MR) is 92.5 cm³/mol. The Morgan fingerprint density at radius 2 is 2.04 bits per heavy atom. The molecule has 0 spiro atoms. The quantitative estimate of drug-likeness (QED) is 0.615. The topological polar surface area (TPSA) is 55.6 Å². The maximum absolute atomic E-state index is 14.4. The van der Waals surface area contributed by atoms with Crippen LogP contribution in [0.15, 0.2) is 54.4 Å². The van der Waals surface area contributed by atoms with Crippen molar-refractivity contribution in [2.45, 2.75) is 6.04 Å². The Morgan fingerprint density at radius 3 is 2.83 bits per heavy atom. The van der Waals surface area contributed by atoms with Crippen LogP contribution >= 0.6 is 11.3 Å². The fourth-order valence-electron chi connectivity index (χ4n) is 2.67. The zero-order valence-electron chi connectivity index (χ0n) is 12.8. The number of thiophene rings is 1. The van der Waals surface area contributed by atoms with Crippen molar-refractivity contribution in [3.05, 3.63) is 71.6 Å².